The molecule has 2 aliphatic rings. The zero-order valence-corrected chi connectivity index (χ0v) is 9.29. The average molecular weight is 196 g/mol. The van der Waals surface area contributed by atoms with Crippen LogP contribution >= 0.6 is 0 Å². The summed E-state index contributed by atoms with van der Waals surface area (Å²) in [6.07, 6.45) is 2.03. The van der Waals surface area contributed by atoms with Gasteiger partial charge >= 0.3 is 0 Å². The van der Waals surface area contributed by atoms with Gasteiger partial charge in [0.15, 0.2) is 0 Å². The molecule has 4 atom stereocenters. The fraction of sp³-hybridized carbons (Fsp3) is 0.909. The number of amides is 1. The molecule has 2 rings (SSSR count). The van der Waals surface area contributed by atoms with Crippen molar-refractivity contribution in [3.05, 3.63) is 0 Å². The summed E-state index contributed by atoms with van der Waals surface area (Å²) in [5.74, 6) is 2.00. The van der Waals surface area contributed by atoms with Crippen molar-refractivity contribution in [1.82, 2.24) is 10.2 Å². The first-order chi connectivity index (χ1) is 6.58. The van der Waals surface area contributed by atoms with Gasteiger partial charge in [-0.25, -0.2) is 0 Å². The predicted molar refractivity (Wildman–Crippen MR) is 55.9 cm³/mol. The lowest BCUT2D eigenvalue weighted by atomic mass is 10.1. The Morgan fingerprint density at radius 3 is 2.64 bits per heavy atom. The fourth-order valence-electron chi connectivity index (χ4n) is 2.52. The zero-order chi connectivity index (χ0) is 10.3. The lowest BCUT2D eigenvalue weighted by molar-refractivity contribution is -0.126. The quantitative estimate of drug-likeness (QED) is 0.726. The molecule has 14 heavy (non-hydrogen) atoms. The summed E-state index contributed by atoms with van der Waals surface area (Å²) in [4.78, 5) is 13.1. The third-order valence-electron chi connectivity index (χ3n) is 3.65. The van der Waals surface area contributed by atoms with Crippen LogP contribution in [0.3, 0.4) is 0 Å². The molecule has 0 aromatic carbocycles. The molecule has 0 bridgehead atoms. The van der Waals surface area contributed by atoms with E-state index in [0.29, 0.717) is 18.5 Å². The first-order valence-electron chi connectivity index (χ1n) is 5.58. The summed E-state index contributed by atoms with van der Waals surface area (Å²) < 4.78 is 0. The van der Waals surface area contributed by atoms with Crippen molar-refractivity contribution < 1.29 is 4.79 Å². The van der Waals surface area contributed by atoms with E-state index in [4.69, 9.17) is 0 Å². The SMILES string of the molecule is CC1CC1C(C)NC1CC(=O)N(C)C1. The number of hydrogen-bond donors (Lipinski definition) is 1. The van der Waals surface area contributed by atoms with Crippen LogP contribution < -0.4 is 5.32 Å². The normalized spacial score (nSPS) is 38.9. The highest BCUT2D eigenvalue weighted by atomic mass is 16.2. The highest BCUT2D eigenvalue weighted by Crippen LogP contribution is 2.40. The Morgan fingerprint density at radius 1 is 1.57 bits per heavy atom. The third kappa shape index (κ3) is 1.92. The van der Waals surface area contributed by atoms with E-state index >= 15 is 0 Å². The van der Waals surface area contributed by atoms with Crippen molar-refractivity contribution >= 4 is 5.91 Å². The van der Waals surface area contributed by atoms with Gasteiger partial charge in [0.25, 0.3) is 0 Å². The van der Waals surface area contributed by atoms with E-state index in [1.165, 1.54) is 6.42 Å². The molecule has 0 aromatic rings. The molecule has 0 aromatic heterocycles. The highest BCUT2D eigenvalue weighted by Gasteiger charge is 2.39. The molecule has 1 heterocycles. The summed E-state index contributed by atoms with van der Waals surface area (Å²) >= 11 is 0. The Labute approximate surface area is 85.8 Å². The smallest absolute Gasteiger partial charge is 0.224 e. The number of likely N-dealkylation sites (N-methyl/N-ethyl adjacent to an activating group) is 1. The van der Waals surface area contributed by atoms with E-state index in [9.17, 15) is 4.79 Å². The number of carbonyl (C=O) groups excluding carboxylic acids is 1. The molecule has 3 heteroatoms. The van der Waals surface area contributed by atoms with Crippen molar-refractivity contribution in [2.24, 2.45) is 11.8 Å². The van der Waals surface area contributed by atoms with Crippen molar-refractivity contribution in [1.29, 1.82) is 0 Å². The first-order valence-corrected chi connectivity index (χ1v) is 5.58. The maximum atomic E-state index is 11.3. The van der Waals surface area contributed by atoms with Crippen LogP contribution in [0.25, 0.3) is 0 Å². The van der Waals surface area contributed by atoms with Gasteiger partial charge < -0.3 is 10.2 Å². The van der Waals surface area contributed by atoms with Crippen LogP contribution in [0.5, 0.6) is 0 Å². The van der Waals surface area contributed by atoms with Gasteiger partial charge in [-0.1, -0.05) is 6.92 Å². The van der Waals surface area contributed by atoms with Gasteiger partial charge in [0.2, 0.25) is 5.91 Å². The minimum absolute atomic E-state index is 0.276. The molecular weight excluding hydrogens is 176 g/mol. The molecule has 1 saturated heterocycles. The van der Waals surface area contributed by atoms with E-state index in [1.54, 1.807) is 0 Å². The van der Waals surface area contributed by atoms with Crippen LogP contribution in [-0.2, 0) is 4.79 Å². The van der Waals surface area contributed by atoms with Gasteiger partial charge in [-0.3, -0.25) is 4.79 Å². The van der Waals surface area contributed by atoms with Crippen LogP contribution in [0.1, 0.15) is 26.7 Å². The fourth-order valence-corrected chi connectivity index (χ4v) is 2.52. The Hall–Kier alpha value is -0.570. The van der Waals surface area contributed by atoms with Crippen LogP contribution in [0, 0.1) is 11.8 Å². The molecule has 1 aliphatic carbocycles. The first kappa shape index (κ1) is 9.97. The van der Waals surface area contributed by atoms with Crippen LogP contribution in [0.15, 0.2) is 0 Å². The molecule has 80 valence electrons. The Bertz CT molecular complexity index is 241. The number of nitrogens with one attached hydrogen (secondary N) is 1. The molecule has 4 unspecified atom stereocenters. The van der Waals surface area contributed by atoms with E-state index in [2.05, 4.69) is 19.2 Å². The summed E-state index contributed by atoms with van der Waals surface area (Å²) in [5.41, 5.74) is 0. The number of nitrogens with zero attached hydrogens (tertiary/aromatic N) is 1. The molecule has 3 nitrogen and oxygen atoms in total. The summed E-state index contributed by atoms with van der Waals surface area (Å²) in [7, 11) is 1.88. The minimum Gasteiger partial charge on any atom is -0.344 e. The number of likely N-dealkylation sites (tertiary alicyclic amines) is 1. The van der Waals surface area contributed by atoms with E-state index < -0.39 is 0 Å². The maximum absolute atomic E-state index is 11.3. The summed E-state index contributed by atoms with van der Waals surface area (Å²) in [5, 5.41) is 3.57. The molecule has 0 radical (unpaired) electrons. The molecule has 1 amide bonds. The second-order valence-corrected chi connectivity index (χ2v) is 5.01. The zero-order valence-electron chi connectivity index (χ0n) is 9.29. The van der Waals surface area contributed by atoms with E-state index in [1.807, 2.05) is 11.9 Å². The lowest BCUT2D eigenvalue weighted by Crippen LogP contribution is -2.39. The lowest BCUT2D eigenvalue weighted by Gasteiger charge is -2.18. The van der Waals surface area contributed by atoms with Gasteiger partial charge in [-0.15, -0.1) is 0 Å². The third-order valence-corrected chi connectivity index (χ3v) is 3.65. The van der Waals surface area contributed by atoms with Gasteiger partial charge in [-0.05, 0) is 25.2 Å². The molecule has 1 N–H and O–H groups in total. The number of rotatable bonds is 3. The Balaban J connectivity index is 1.78. The summed E-state index contributed by atoms with van der Waals surface area (Å²) in [6, 6.07) is 0.963. The topological polar surface area (TPSA) is 32.3 Å². The van der Waals surface area contributed by atoms with Crippen LogP contribution in [-0.4, -0.2) is 36.5 Å². The minimum atomic E-state index is 0.276. The van der Waals surface area contributed by atoms with Gasteiger partial charge in [-0.2, -0.15) is 0 Å². The van der Waals surface area contributed by atoms with Crippen molar-refractivity contribution in [2.75, 3.05) is 13.6 Å². The number of hydrogen-bond acceptors (Lipinski definition) is 2. The van der Waals surface area contributed by atoms with Crippen molar-refractivity contribution in [3.8, 4) is 0 Å². The Kier molecular flexibility index (Phi) is 2.52. The van der Waals surface area contributed by atoms with Crippen LogP contribution in [0.4, 0.5) is 0 Å². The monoisotopic (exact) mass is 196 g/mol. The van der Waals surface area contributed by atoms with Gasteiger partial charge in [0.05, 0.1) is 0 Å². The second kappa shape index (κ2) is 3.54. The highest BCUT2D eigenvalue weighted by molar-refractivity contribution is 5.78. The van der Waals surface area contributed by atoms with Crippen molar-refractivity contribution in [3.63, 3.8) is 0 Å². The maximum Gasteiger partial charge on any atom is 0.224 e. The van der Waals surface area contributed by atoms with E-state index in [0.717, 1.165) is 18.4 Å². The average Bonchev–Trinajstić information content (AvgIpc) is 2.74. The standard InChI is InChI=1S/C11H20N2O/c1-7-4-10(7)8(2)12-9-5-11(14)13(3)6-9/h7-10,12H,4-6H2,1-3H3. The predicted octanol–water partition coefficient (Wildman–Crippen LogP) is 0.851. The van der Waals surface area contributed by atoms with Crippen molar-refractivity contribution in [2.45, 2.75) is 38.8 Å². The van der Waals surface area contributed by atoms with Gasteiger partial charge in [0, 0.05) is 32.1 Å². The molecule has 2 fully saturated rings. The second-order valence-electron chi connectivity index (χ2n) is 5.01. The molecular formula is C11H20N2O. The van der Waals surface area contributed by atoms with Crippen LogP contribution in [0.2, 0.25) is 0 Å². The number of carbonyl (C=O) groups is 1. The Morgan fingerprint density at radius 2 is 2.21 bits per heavy atom. The van der Waals surface area contributed by atoms with Gasteiger partial charge in [0.1, 0.15) is 0 Å². The van der Waals surface area contributed by atoms with E-state index in [-0.39, 0.29) is 5.91 Å². The molecule has 1 aliphatic heterocycles. The molecule has 0 spiro atoms. The summed E-state index contributed by atoms with van der Waals surface area (Å²) in [6.45, 7) is 5.43. The largest absolute Gasteiger partial charge is 0.344 e. The molecule has 1 saturated carbocycles.